The van der Waals surface area contributed by atoms with Gasteiger partial charge < -0.3 is 10.1 Å². The van der Waals surface area contributed by atoms with Crippen LogP contribution >= 0.6 is 0 Å². The number of aromatic nitrogens is 2. The summed E-state index contributed by atoms with van der Waals surface area (Å²) >= 11 is 0. The number of likely N-dealkylation sites (tertiary alicyclic amines) is 1. The summed E-state index contributed by atoms with van der Waals surface area (Å²) in [6, 6.07) is 10.3. The molecule has 1 fully saturated rings. The number of H-pyrrole nitrogens is 1. The minimum absolute atomic E-state index is 0.0752. The van der Waals surface area contributed by atoms with E-state index in [1.807, 2.05) is 13.8 Å². The molecule has 0 radical (unpaired) electrons. The van der Waals surface area contributed by atoms with Gasteiger partial charge in [-0.3, -0.25) is 9.69 Å². The van der Waals surface area contributed by atoms with Gasteiger partial charge in [0.2, 0.25) is 0 Å². The molecule has 2 N–H and O–H groups in total. The molecular weight excluding hydrogens is 326 g/mol. The minimum Gasteiger partial charge on any atom is -0.390 e. The zero-order valence-corrected chi connectivity index (χ0v) is 15.7. The van der Waals surface area contributed by atoms with E-state index >= 15 is 0 Å². The number of aryl methyl sites for hydroxylation is 1. The minimum atomic E-state index is -0.616. The molecule has 1 aliphatic heterocycles. The summed E-state index contributed by atoms with van der Waals surface area (Å²) in [7, 11) is 0. The van der Waals surface area contributed by atoms with Crippen molar-refractivity contribution >= 4 is 0 Å². The zero-order valence-electron chi connectivity index (χ0n) is 15.7. The molecule has 1 saturated heterocycles. The summed E-state index contributed by atoms with van der Waals surface area (Å²) in [4.78, 5) is 20.9. The Morgan fingerprint density at radius 3 is 2.69 bits per heavy atom. The number of benzene rings is 1. The van der Waals surface area contributed by atoms with Crippen LogP contribution in [0.25, 0.3) is 0 Å². The van der Waals surface area contributed by atoms with Crippen LogP contribution in [0.15, 0.2) is 41.5 Å². The average Bonchev–Trinajstić information content (AvgIpc) is 2.61. The standard InChI is InChI=1S/C21H29N3O2/c1-21(2,26)10-9-16-5-7-17(8-6-16)13-24-11-3-4-18(14-24)19-12-20(25)23-15-22-19/h5-8,12,15,18,26H,3-4,9-11,13-14H2,1-2H3,(H,22,23,25)/t18-/m0/s1. The van der Waals surface area contributed by atoms with E-state index in [0.717, 1.165) is 51.0 Å². The number of aliphatic hydroxyl groups is 1. The summed E-state index contributed by atoms with van der Waals surface area (Å²) in [5, 5.41) is 9.85. The normalized spacial score (nSPS) is 18.8. The van der Waals surface area contributed by atoms with Crippen LogP contribution in [0.3, 0.4) is 0 Å². The van der Waals surface area contributed by atoms with Crippen LogP contribution in [-0.4, -0.2) is 38.7 Å². The Labute approximate surface area is 155 Å². The number of nitrogens with zero attached hydrogens (tertiary/aromatic N) is 2. The van der Waals surface area contributed by atoms with Gasteiger partial charge in [-0.1, -0.05) is 24.3 Å². The molecule has 0 unspecified atom stereocenters. The molecule has 140 valence electrons. The molecule has 0 aliphatic carbocycles. The third kappa shape index (κ3) is 5.51. The summed E-state index contributed by atoms with van der Waals surface area (Å²) in [5.41, 5.74) is 2.78. The molecule has 0 saturated carbocycles. The van der Waals surface area contributed by atoms with Crippen LogP contribution in [0.1, 0.15) is 55.8 Å². The van der Waals surface area contributed by atoms with Gasteiger partial charge in [0, 0.05) is 25.1 Å². The maximum absolute atomic E-state index is 11.5. The molecule has 3 rings (SSSR count). The van der Waals surface area contributed by atoms with Crippen molar-refractivity contribution in [2.24, 2.45) is 0 Å². The average molecular weight is 355 g/mol. The highest BCUT2D eigenvalue weighted by Crippen LogP contribution is 2.25. The second kappa shape index (κ2) is 8.14. The Balaban J connectivity index is 1.57. The number of piperidine rings is 1. The van der Waals surface area contributed by atoms with E-state index in [2.05, 4.69) is 39.1 Å². The fourth-order valence-electron chi connectivity index (χ4n) is 3.57. The fraction of sp³-hybridized carbons (Fsp3) is 0.524. The first-order valence-corrected chi connectivity index (χ1v) is 9.46. The zero-order chi connectivity index (χ0) is 18.6. The molecular formula is C21H29N3O2. The van der Waals surface area contributed by atoms with E-state index in [0.29, 0.717) is 5.92 Å². The van der Waals surface area contributed by atoms with Gasteiger partial charge in [0.05, 0.1) is 17.6 Å². The molecule has 0 bridgehead atoms. The maximum atomic E-state index is 11.5. The van der Waals surface area contributed by atoms with E-state index in [1.165, 1.54) is 17.5 Å². The van der Waals surface area contributed by atoms with Crippen LogP contribution in [-0.2, 0) is 13.0 Å². The molecule has 1 aliphatic rings. The predicted octanol–water partition coefficient (Wildman–Crippen LogP) is 2.85. The van der Waals surface area contributed by atoms with E-state index in [9.17, 15) is 9.90 Å². The van der Waals surface area contributed by atoms with Gasteiger partial charge in [0.1, 0.15) is 0 Å². The lowest BCUT2D eigenvalue weighted by Crippen LogP contribution is -2.34. The van der Waals surface area contributed by atoms with Crippen LogP contribution in [0.5, 0.6) is 0 Å². The monoisotopic (exact) mass is 355 g/mol. The third-order valence-corrected chi connectivity index (χ3v) is 5.08. The molecule has 26 heavy (non-hydrogen) atoms. The van der Waals surface area contributed by atoms with Crippen molar-refractivity contribution in [2.45, 2.75) is 57.6 Å². The maximum Gasteiger partial charge on any atom is 0.250 e. The molecule has 0 spiro atoms. The van der Waals surface area contributed by atoms with Crippen molar-refractivity contribution in [3.05, 3.63) is 63.8 Å². The Kier molecular flexibility index (Phi) is 5.89. The van der Waals surface area contributed by atoms with Crippen LogP contribution in [0, 0.1) is 0 Å². The summed E-state index contributed by atoms with van der Waals surface area (Å²) < 4.78 is 0. The van der Waals surface area contributed by atoms with Gasteiger partial charge in [0.15, 0.2) is 0 Å². The topological polar surface area (TPSA) is 69.2 Å². The summed E-state index contributed by atoms with van der Waals surface area (Å²) in [6.07, 6.45) is 5.38. The van der Waals surface area contributed by atoms with Gasteiger partial charge in [0.25, 0.3) is 5.56 Å². The summed E-state index contributed by atoms with van der Waals surface area (Å²) in [6.45, 7) is 6.65. The third-order valence-electron chi connectivity index (χ3n) is 5.08. The highest BCUT2D eigenvalue weighted by molar-refractivity contribution is 5.23. The molecule has 5 nitrogen and oxygen atoms in total. The van der Waals surface area contributed by atoms with Crippen molar-refractivity contribution < 1.29 is 5.11 Å². The fourth-order valence-corrected chi connectivity index (χ4v) is 3.57. The van der Waals surface area contributed by atoms with Gasteiger partial charge in [-0.25, -0.2) is 4.98 Å². The Hall–Kier alpha value is -1.98. The van der Waals surface area contributed by atoms with Gasteiger partial charge in [-0.05, 0) is 57.2 Å². The Morgan fingerprint density at radius 2 is 2.00 bits per heavy atom. The van der Waals surface area contributed by atoms with Gasteiger partial charge in [-0.2, -0.15) is 0 Å². The van der Waals surface area contributed by atoms with Crippen molar-refractivity contribution in [1.82, 2.24) is 14.9 Å². The smallest absolute Gasteiger partial charge is 0.250 e. The van der Waals surface area contributed by atoms with Crippen LogP contribution < -0.4 is 5.56 Å². The van der Waals surface area contributed by atoms with E-state index < -0.39 is 5.60 Å². The molecule has 5 heteroatoms. The molecule has 2 aromatic rings. The largest absolute Gasteiger partial charge is 0.390 e. The first-order chi connectivity index (χ1) is 12.4. The van der Waals surface area contributed by atoms with Crippen molar-refractivity contribution in [3.8, 4) is 0 Å². The Morgan fingerprint density at radius 1 is 1.27 bits per heavy atom. The highest BCUT2D eigenvalue weighted by atomic mass is 16.3. The van der Waals surface area contributed by atoms with Crippen molar-refractivity contribution in [3.63, 3.8) is 0 Å². The molecule has 1 aromatic carbocycles. The number of nitrogens with one attached hydrogen (secondary N) is 1. The number of aromatic amines is 1. The second-order valence-corrected chi connectivity index (χ2v) is 8.04. The lowest BCUT2D eigenvalue weighted by molar-refractivity contribution is 0.0714. The quantitative estimate of drug-likeness (QED) is 0.836. The first kappa shape index (κ1) is 18.8. The molecule has 0 amide bonds. The predicted molar refractivity (Wildman–Crippen MR) is 103 cm³/mol. The van der Waals surface area contributed by atoms with Crippen molar-refractivity contribution in [2.75, 3.05) is 13.1 Å². The molecule has 1 atom stereocenters. The lowest BCUT2D eigenvalue weighted by Gasteiger charge is -2.32. The SMILES string of the molecule is CC(C)(O)CCc1ccc(CN2CCC[C@H](c3cc(=O)[nH]cn3)C2)cc1. The van der Waals surface area contributed by atoms with Crippen LogP contribution in [0.2, 0.25) is 0 Å². The van der Waals surface area contributed by atoms with E-state index in [4.69, 9.17) is 0 Å². The number of rotatable bonds is 6. The van der Waals surface area contributed by atoms with E-state index in [-0.39, 0.29) is 5.56 Å². The van der Waals surface area contributed by atoms with E-state index in [1.54, 1.807) is 6.07 Å². The van der Waals surface area contributed by atoms with Crippen molar-refractivity contribution in [1.29, 1.82) is 0 Å². The first-order valence-electron chi connectivity index (χ1n) is 9.46. The second-order valence-electron chi connectivity index (χ2n) is 8.04. The molecule has 2 heterocycles. The number of hydrogen-bond acceptors (Lipinski definition) is 4. The van der Waals surface area contributed by atoms with Gasteiger partial charge >= 0.3 is 0 Å². The summed E-state index contributed by atoms with van der Waals surface area (Å²) in [5.74, 6) is 0.331. The lowest BCUT2D eigenvalue weighted by atomic mass is 9.94. The Bertz CT molecular complexity index is 762. The van der Waals surface area contributed by atoms with Gasteiger partial charge in [-0.15, -0.1) is 0 Å². The van der Waals surface area contributed by atoms with Crippen LogP contribution in [0.4, 0.5) is 0 Å². The molecule has 1 aromatic heterocycles. The highest BCUT2D eigenvalue weighted by Gasteiger charge is 2.22. The number of hydrogen-bond donors (Lipinski definition) is 2.